The van der Waals surface area contributed by atoms with Crippen molar-refractivity contribution in [2.24, 2.45) is 0 Å². The molecular weight excluding hydrogens is 351 g/mol. The molecule has 0 unspecified atom stereocenters. The summed E-state index contributed by atoms with van der Waals surface area (Å²) in [5.74, 6) is -0.670. The van der Waals surface area contributed by atoms with E-state index in [4.69, 9.17) is 0 Å². The Balaban J connectivity index is 1.79. The highest BCUT2D eigenvalue weighted by molar-refractivity contribution is 6.07. The van der Waals surface area contributed by atoms with Gasteiger partial charge < -0.3 is 4.90 Å². The van der Waals surface area contributed by atoms with Crippen molar-refractivity contribution in [3.8, 4) is 11.3 Å². The predicted octanol–water partition coefficient (Wildman–Crippen LogP) is 2.73. The second-order valence-corrected chi connectivity index (χ2v) is 6.16. The molecule has 1 amide bonds. The first-order valence-corrected chi connectivity index (χ1v) is 8.16. The summed E-state index contributed by atoms with van der Waals surface area (Å²) in [6.45, 7) is 1.99. The zero-order valence-electron chi connectivity index (χ0n) is 14.6. The summed E-state index contributed by atoms with van der Waals surface area (Å²) in [5, 5.41) is 14.7. The molecule has 136 valence electrons. The molecule has 8 nitrogen and oxygen atoms in total. The van der Waals surface area contributed by atoms with Gasteiger partial charge in [0, 0.05) is 30.3 Å². The normalized spacial score (nSPS) is 11.1. The quantitative estimate of drug-likeness (QED) is 0.596. The number of carbonyl (C=O) groups excluding carboxylic acids is 1. The van der Waals surface area contributed by atoms with E-state index in [9.17, 15) is 9.18 Å². The van der Waals surface area contributed by atoms with Gasteiger partial charge in [-0.2, -0.15) is 5.10 Å². The molecule has 0 aliphatic carbocycles. The standard InChI is InChI=1S/C18H15FN6O2/c1-10-17(24-27-23-10)9-25(2)18(26)14-6-15(11-7-20-21-8-11)22-16-5-12(19)3-4-13(14)16/h3-8H,9H2,1-2H3,(H,20,21). The number of hydrogen-bond donors (Lipinski definition) is 1. The van der Waals surface area contributed by atoms with Crippen molar-refractivity contribution in [2.75, 3.05) is 7.05 Å². The van der Waals surface area contributed by atoms with Gasteiger partial charge in [0.15, 0.2) is 0 Å². The van der Waals surface area contributed by atoms with Crippen LogP contribution in [0, 0.1) is 12.7 Å². The first kappa shape index (κ1) is 16.8. The highest BCUT2D eigenvalue weighted by atomic mass is 19.1. The third kappa shape index (κ3) is 3.14. The highest BCUT2D eigenvalue weighted by Crippen LogP contribution is 2.26. The van der Waals surface area contributed by atoms with Gasteiger partial charge in [0.1, 0.15) is 17.2 Å². The van der Waals surface area contributed by atoms with Gasteiger partial charge in [-0.1, -0.05) is 10.3 Å². The van der Waals surface area contributed by atoms with Gasteiger partial charge in [-0.15, -0.1) is 0 Å². The van der Waals surface area contributed by atoms with Crippen molar-refractivity contribution in [2.45, 2.75) is 13.5 Å². The van der Waals surface area contributed by atoms with E-state index >= 15 is 0 Å². The molecule has 1 aromatic carbocycles. The molecular formula is C18H15FN6O2. The van der Waals surface area contributed by atoms with E-state index in [2.05, 4.69) is 30.1 Å². The molecule has 3 heterocycles. The van der Waals surface area contributed by atoms with E-state index in [1.54, 1.807) is 38.5 Å². The lowest BCUT2D eigenvalue weighted by atomic mass is 10.0. The molecule has 0 bridgehead atoms. The smallest absolute Gasteiger partial charge is 0.254 e. The fraction of sp³-hybridized carbons (Fsp3) is 0.167. The molecule has 1 N–H and O–H groups in total. The average molecular weight is 366 g/mol. The van der Waals surface area contributed by atoms with Crippen molar-refractivity contribution < 1.29 is 13.8 Å². The molecule has 9 heteroatoms. The zero-order chi connectivity index (χ0) is 19.0. The molecule has 0 saturated carbocycles. The summed E-state index contributed by atoms with van der Waals surface area (Å²) >= 11 is 0. The van der Waals surface area contributed by atoms with Crippen LogP contribution < -0.4 is 0 Å². The summed E-state index contributed by atoms with van der Waals surface area (Å²) in [7, 11) is 1.66. The summed E-state index contributed by atoms with van der Waals surface area (Å²) in [6, 6.07) is 5.85. The topological polar surface area (TPSA) is 101 Å². The average Bonchev–Trinajstić information content (AvgIpc) is 3.32. The largest absolute Gasteiger partial charge is 0.336 e. The van der Waals surface area contributed by atoms with Crippen LogP contribution in [0.3, 0.4) is 0 Å². The Morgan fingerprint density at radius 1 is 1.30 bits per heavy atom. The van der Waals surface area contributed by atoms with Gasteiger partial charge in [0.05, 0.1) is 29.5 Å². The minimum absolute atomic E-state index is 0.236. The van der Waals surface area contributed by atoms with Crippen LogP contribution in [0.15, 0.2) is 41.3 Å². The summed E-state index contributed by atoms with van der Waals surface area (Å²) in [4.78, 5) is 19.1. The van der Waals surface area contributed by atoms with Crippen LogP contribution in [0.1, 0.15) is 21.7 Å². The first-order valence-electron chi connectivity index (χ1n) is 8.16. The highest BCUT2D eigenvalue weighted by Gasteiger charge is 2.20. The number of H-pyrrole nitrogens is 1. The van der Waals surface area contributed by atoms with Gasteiger partial charge in [-0.3, -0.25) is 9.89 Å². The Morgan fingerprint density at radius 2 is 2.15 bits per heavy atom. The molecule has 4 rings (SSSR count). The number of amides is 1. The number of carbonyl (C=O) groups is 1. The lowest BCUT2D eigenvalue weighted by Crippen LogP contribution is -2.27. The number of benzene rings is 1. The predicted molar refractivity (Wildman–Crippen MR) is 94.1 cm³/mol. The molecule has 0 aliphatic heterocycles. The van der Waals surface area contributed by atoms with Crippen molar-refractivity contribution in [3.05, 3.63) is 59.4 Å². The summed E-state index contributed by atoms with van der Waals surface area (Å²) in [6.07, 6.45) is 3.26. The lowest BCUT2D eigenvalue weighted by Gasteiger charge is -2.17. The van der Waals surface area contributed by atoms with Crippen LogP contribution in [0.2, 0.25) is 0 Å². The number of aryl methyl sites for hydroxylation is 1. The van der Waals surface area contributed by atoms with Gasteiger partial charge in [0.2, 0.25) is 0 Å². The molecule has 27 heavy (non-hydrogen) atoms. The van der Waals surface area contributed by atoms with Gasteiger partial charge in [-0.25, -0.2) is 14.0 Å². The molecule has 0 radical (unpaired) electrons. The van der Waals surface area contributed by atoms with Crippen molar-refractivity contribution in [1.82, 2.24) is 30.4 Å². The van der Waals surface area contributed by atoms with E-state index in [0.29, 0.717) is 39.1 Å². The maximum Gasteiger partial charge on any atom is 0.254 e. The lowest BCUT2D eigenvalue weighted by molar-refractivity contribution is 0.0783. The van der Waals surface area contributed by atoms with E-state index in [1.165, 1.54) is 17.0 Å². The Bertz CT molecular complexity index is 1120. The fourth-order valence-electron chi connectivity index (χ4n) is 2.81. The van der Waals surface area contributed by atoms with Crippen molar-refractivity contribution >= 4 is 16.8 Å². The number of aromatic amines is 1. The van der Waals surface area contributed by atoms with Crippen LogP contribution in [-0.2, 0) is 6.54 Å². The maximum absolute atomic E-state index is 13.7. The van der Waals surface area contributed by atoms with Crippen LogP contribution in [0.4, 0.5) is 4.39 Å². The number of rotatable bonds is 4. The number of nitrogens with one attached hydrogen (secondary N) is 1. The second kappa shape index (κ2) is 6.60. The van der Waals surface area contributed by atoms with Crippen LogP contribution in [-0.4, -0.2) is 43.3 Å². The van der Waals surface area contributed by atoms with Gasteiger partial charge in [0.25, 0.3) is 5.91 Å². The van der Waals surface area contributed by atoms with E-state index in [1.807, 2.05) is 0 Å². The van der Waals surface area contributed by atoms with Crippen LogP contribution in [0.25, 0.3) is 22.2 Å². The Labute approximate surface area is 153 Å². The molecule has 0 saturated heterocycles. The SMILES string of the molecule is Cc1nonc1CN(C)C(=O)c1cc(-c2cn[nH]c2)nc2cc(F)ccc12. The number of nitrogens with zero attached hydrogens (tertiary/aromatic N) is 5. The summed E-state index contributed by atoms with van der Waals surface area (Å²) < 4.78 is 18.4. The Morgan fingerprint density at radius 3 is 2.85 bits per heavy atom. The zero-order valence-corrected chi connectivity index (χ0v) is 14.6. The van der Waals surface area contributed by atoms with Gasteiger partial charge in [-0.05, 0) is 25.1 Å². The van der Waals surface area contributed by atoms with Crippen molar-refractivity contribution in [1.29, 1.82) is 0 Å². The maximum atomic E-state index is 13.7. The summed E-state index contributed by atoms with van der Waals surface area (Å²) in [5.41, 5.74) is 3.23. The molecule has 0 spiro atoms. The van der Waals surface area contributed by atoms with Crippen LogP contribution >= 0.6 is 0 Å². The number of fused-ring (bicyclic) bond motifs is 1. The third-order valence-corrected chi connectivity index (χ3v) is 4.28. The van der Waals surface area contributed by atoms with Crippen LogP contribution in [0.5, 0.6) is 0 Å². The fourth-order valence-corrected chi connectivity index (χ4v) is 2.81. The molecule has 0 fully saturated rings. The number of aromatic nitrogens is 5. The van der Waals surface area contributed by atoms with Crippen molar-refractivity contribution in [3.63, 3.8) is 0 Å². The molecule has 4 aromatic rings. The first-order chi connectivity index (χ1) is 13.0. The number of pyridine rings is 1. The van der Waals surface area contributed by atoms with E-state index in [0.717, 1.165) is 0 Å². The minimum Gasteiger partial charge on any atom is -0.336 e. The molecule has 0 atom stereocenters. The minimum atomic E-state index is -0.421. The molecule has 0 aliphatic rings. The number of halogens is 1. The van der Waals surface area contributed by atoms with E-state index in [-0.39, 0.29) is 12.5 Å². The second-order valence-electron chi connectivity index (χ2n) is 6.16. The molecule has 3 aromatic heterocycles. The third-order valence-electron chi connectivity index (χ3n) is 4.28. The van der Waals surface area contributed by atoms with Gasteiger partial charge >= 0.3 is 0 Å². The monoisotopic (exact) mass is 366 g/mol. The number of hydrogen-bond acceptors (Lipinski definition) is 6. The van der Waals surface area contributed by atoms with E-state index < -0.39 is 5.82 Å². The Hall–Kier alpha value is -3.62. The Kier molecular flexibility index (Phi) is 4.11.